The molecule has 3 rings (SSSR count). The van der Waals surface area contributed by atoms with Crippen molar-refractivity contribution >= 4 is 21.9 Å². The molecule has 0 heterocycles. The van der Waals surface area contributed by atoms with Crippen LogP contribution in [0.2, 0.25) is 0 Å². The lowest BCUT2D eigenvalue weighted by Gasteiger charge is -2.32. The lowest BCUT2D eigenvalue weighted by Crippen LogP contribution is -2.24. The van der Waals surface area contributed by atoms with Crippen molar-refractivity contribution in [1.29, 1.82) is 0 Å². The maximum absolute atomic E-state index is 11.6. The van der Waals surface area contributed by atoms with E-state index in [4.69, 9.17) is 4.74 Å². The first-order valence-corrected chi connectivity index (χ1v) is 12.5. The highest BCUT2D eigenvalue weighted by molar-refractivity contribution is 9.10. The fourth-order valence-corrected chi connectivity index (χ4v) is 5.46. The molecule has 160 valence electrons. The smallest absolute Gasteiger partial charge is 0.309 e. The molecule has 0 aliphatic heterocycles. The van der Waals surface area contributed by atoms with Gasteiger partial charge in [0.25, 0.3) is 0 Å². The van der Waals surface area contributed by atoms with E-state index in [1.165, 1.54) is 74.2 Å². The minimum Gasteiger partial charge on any atom is -0.462 e. The Hall–Kier alpha value is -1.09. The lowest BCUT2D eigenvalue weighted by molar-refractivity contribution is -0.149. The van der Waals surface area contributed by atoms with Gasteiger partial charge in [0.2, 0.25) is 0 Å². The van der Waals surface area contributed by atoms with E-state index in [-0.39, 0.29) is 12.1 Å². The van der Waals surface area contributed by atoms with E-state index < -0.39 is 0 Å². The molecule has 2 aliphatic carbocycles. The maximum atomic E-state index is 11.6. The molecule has 1 aromatic carbocycles. The van der Waals surface area contributed by atoms with Gasteiger partial charge in [-0.15, -0.1) is 6.58 Å². The molecule has 0 N–H and O–H groups in total. The van der Waals surface area contributed by atoms with Crippen LogP contribution < -0.4 is 0 Å². The van der Waals surface area contributed by atoms with Crippen molar-refractivity contribution in [2.75, 3.05) is 0 Å². The topological polar surface area (TPSA) is 26.3 Å². The second kappa shape index (κ2) is 11.9. The van der Waals surface area contributed by atoms with Crippen molar-refractivity contribution in [3.05, 3.63) is 47.0 Å². The molecule has 29 heavy (non-hydrogen) atoms. The minimum atomic E-state index is -0.111. The normalized spacial score (nSPS) is 27.3. The first-order chi connectivity index (χ1) is 14.1. The Bertz CT molecular complexity index is 623. The van der Waals surface area contributed by atoms with Gasteiger partial charge in [0.05, 0.1) is 6.42 Å². The fourth-order valence-electron chi connectivity index (χ4n) is 5.19. The predicted octanol–water partition coefficient (Wildman–Crippen LogP) is 7.65. The van der Waals surface area contributed by atoms with Crippen LogP contribution in [-0.2, 0) is 16.0 Å². The summed E-state index contributed by atoms with van der Waals surface area (Å²) in [6.07, 6.45) is 17.8. The predicted molar refractivity (Wildman–Crippen MR) is 124 cm³/mol. The van der Waals surface area contributed by atoms with Crippen LogP contribution in [0.15, 0.2) is 41.4 Å². The van der Waals surface area contributed by atoms with Gasteiger partial charge in [-0.05, 0) is 74.0 Å². The highest BCUT2D eigenvalue weighted by Gasteiger charge is 2.26. The standard InChI is InChI=1S/C26H37BrO2/c1-2-3-26(28)29-25-18-14-23(15-19-25)11-9-21-6-4-20(5-7-21)8-10-22-12-16-24(27)17-13-22/h2,12-13,16-17,20-21,23,25H,1,3-11,14-15,18-19H2/t20-,21-,23-,25-. The summed E-state index contributed by atoms with van der Waals surface area (Å²) in [5.41, 5.74) is 1.47. The summed E-state index contributed by atoms with van der Waals surface area (Å²) in [6.45, 7) is 3.60. The van der Waals surface area contributed by atoms with Crippen LogP contribution in [0.5, 0.6) is 0 Å². The number of aryl methyl sites for hydroxylation is 1. The Labute approximate surface area is 185 Å². The number of hydrogen-bond donors (Lipinski definition) is 0. The summed E-state index contributed by atoms with van der Waals surface area (Å²) in [5, 5.41) is 0. The average molecular weight is 461 g/mol. The number of halogens is 1. The molecule has 0 saturated heterocycles. The van der Waals surface area contributed by atoms with E-state index >= 15 is 0 Å². The molecule has 2 nitrogen and oxygen atoms in total. The monoisotopic (exact) mass is 460 g/mol. The zero-order valence-corrected chi connectivity index (χ0v) is 19.4. The lowest BCUT2D eigenvalue weighted by atomic mass is 9.75. The molecule has 2 saturated carbocycles. The van der Waals surface area contributed by atoms with Crippen LogP contribution in [0.3, 0.4) is 0 Å². The van der Waals surface area contributed by atoms with E-state index in [2.05, 4.69) is 46.8 Å². The Morgan fingerprint density at radius 2 is 1.41 bits per heavy atom. The van der Waals surface area contributed by atoms with Gasteiger partial charge in [0.1, 0.15) is 6.10 Å². The van der Waals surface area contributed by atoms with Gasteiger partial charge in [-0.3, -0.25) is 4.79 Å². The Kier molecular flexibility index (Phi) is 9.30. The summed E-state index contributed by atoms with van der Waals surface area (Å²) in [4.78, 5) is 11.6. The van der Waals surface area contributed by atoms with Crippen molar-refractivity contribution < 1.29 is 9.53 Å². The first kappa shape index (κ1) is 22.6. The van der Waals surface area contributed by atoms with E-state index in [9.17, 15) is 4.79 Å². The van der Waals surface area contributed by atoms with Crippen molar-refractivity contribution in [2.45, 2.75) is 89.6 Å². The summed E-state index contributed by atoms with van der Waals surface area (Å²) < 4.78 is 6.70. The highest BCUT2D eigenvalue weighted by atomic mass is 79.9. The van der Waals surface area contributed by atoms with Crippen molar-refractivity contribution in [2.24, 2.45) is 17.8 Å². The van der Waals surface area contributed by atoms with Gasteiger partial charge in [-0.2, -0.15) is 0 Å². The number of esters is 1. The molecule has 0 aromatic heterocycles. The van der Waals surface area contributed by atoms with Gasteiger partial charge in [-0.1, -0.05) is 72.7 Å². The Morgan fingerprint density at radius 1 is 0.897 bits per heavy atom. The molecular formula is C26H37BrO2. The molecule has 0 unspecified atom stereocenters. The van der Waals surface area contributed by atoms with E-state index in [1.807, 2.05) is 0 Å². The highest BCUT2D eigenvalue weighted by Crippen LogP contribution is 2.37. The zero-order chi connectivity index (χ0) is 20.5. The third-order valence-electron chi connectivity index (χ3n) is 7.11. The Morgan fingerprint density at radius 3 is 1.97 bits per heavy atom. The number of carbonyl (C=O) groups is 1. The molecule has 0 radical (unpaired) electrons. The fraction of sp³-hybridized carbons (Fsp3) is 0.654. The van der Waals surface area contributed by atoms with Gasteiger partial charge >= 0.3 is 5.97 Å². The Balaban J connectivity index is 1.26. The summed E-state index contributed by atoms with van der Waals surface area (Å²) >= 11 is 3.52. The molecular weight excluding hydrogens is 424 g/mol. The van der Waals surface area contributed by atoms with Gasteiger partial charge in [0, 0.05) is 4.47 Å². The number of hydrogen-bond acceptors (Lipinski definition) is 2. The molecule has 0 atom stereocenters. The molecule has 0 spiro atoms. The van der Waals surface area contributed by atoms with Crippen LogP contribution in [0, 0.1) is 17.8 Å². The van der Waals surface area contributed by atoms with Crippen LogP contribution in [0.4, 0.5) is 0 Å². The SMILES string of the molecule is C=CCC(=O)O[C@H]1CC[C@H](CC[C@H]2CC[C@H](CCc3ccc(Br)cc3)CC2)CC1. The van der Waals surface area contributed by atoms with E-state index in [0.29, 0.717) is 6.42 Å². The van der Waals surface area contributed by atoms with Gasteiger partial charge in [0.15, 0.2) is 0 Å². The van der Waals surface area contributed by atoms with Crippen LogP contribution in [0.25, 0.3) is 0 Å². The molecule has 1 aromatic rings. The second-order valence-electron chi connectivity index (χ2n) is 9.25. The molecule has 2 aliphatic rings. The van der Waals surface area contributed by atoms with Crippen molar-refractivity contribution in [3.8, 4) is 0 Å². The quantitative estimate of drug-likeness (QED) is 0.279. The zero-order valence-electron chi connectivity index (χ0n) is 17.8. The average Bonchev–Trinajstić information content (AvgIpc) is 2.74. The summed E-state index contributed by atoms with van der Waals surface area (Å²) in [6, 6.07) is 8.83. The van der Waals surface area contributed by atoms with Crippen molar-refractivity contribution in [1.82, 2.24) is 0 Å². The summed E-state index contributed by atoms with van der Waals surface area (Å²) in [7, 11) is 0. The molecule has 3 heteroatoms. The number of rotatable bonds is 9. The van der Waals surface area contributed by atoms with Crippen LogP contribution in [0.1, 0.15) is 82.6 Å². The first-order valence-electron chi connectivity index (χ1n) is 11.7. The van der Waals surface area contributed by atoms with E-state index in [0.717, 1.165) is 30.6 Å². The van der Waals surface area contributed by atoms with Gasteiger partial charge < -0.3 is 4.74 Å². The molecule has 0 amide bonds. The van der Waals surface area contributed by atoms with Crippen molar-refractivity contribution in [3.63, 3.8) is 0 Å². The van der Waals surface area contributed by atoms with Crippen LogP contribution >= 0.6 is 15.9 Å². The number of ether oxygens (including phenoxy) is 1. The number of carbonyl (C=O) groups excluding carboxylic acids is 1. The second-order valence-corrected chi connectivity index (χ2v) is 10.2. The number of benzene rings is 1. The maximum Gasteiger partial charge on any atom is 0.309 e. The largest absolute Gasteiger partial charge is 0.462 e. The summed E-state index contributed by atoms with van der Waals surface area (Å²) in [5.74, 6) is 2.61. The van der Waals surface area contributed by atoms with Crippen LogP contribution in [-0.4, -0.2) is 12.1 Å². The van der Waals surface area contributed by atoms with E-state index in [1.54, 1.807) is 6.08 Å². The minimum absolute atomic E-state index is 0.111. The van der Waals surface area contributed by atoms with Gasteiger partial charge in [-0.25, -0.2) is 0 Å². The third kappa shape index (κ3) is 7.92. The molecule has 2 fully saturated rings. The third-order valence-corrected chi connectivity index (χ3v) is 7.64. The molecule has 0 bridgehead atoms.